The van der Waals surface area contributed by atoms with Crippen LogP contribution in [0.15, 0.2) is 24.3 Å². The van der Waals surface area contributed by atoms with Crippen LogP contribution in [0, 0.1) is 0 Å². The van der Waals surface area contributed by atoms with Crippen molar-refractivity contribution in [3.8, 4) is 0 Å². The quantitative estimate of drug-likeness (QED) is 0.920. The number of ether oxygens (including phenoxy) is 1. The van der Waals surface area contributed by atoms with Crippen molar-refractivity contribution in [1.29, 1.82) is 0 Å². The number of hydrogen-bond donors (Lipinski definition) is 1. The maximum absolute atomic E-state index is 12.4. The Hall–Kier alpha value is -1.06. The van der Waals surface area contributed by atoms with Crippen molar-refractivity contribution in [3.05, 3.63) is 34.9 Å². The summed E-state index contributed by atoms with van der Waals surface area (Å²) in [5.74, 6) is 0.116. The smallest absolute Gasteiger partial charge is 0.230 e. The summed E-state index contributed by atoms with van der Waals surface area (Å²) in [5, 5.41) is 3.73. The number of carbonyl (C=O) groups excluding carboxylic acids is 1. The molecule has 0 spiro atoms. The molecule has 4 heteroatoms. The van der Waals surface area contributed by atoms with E-state index in [1.165, 1.54) is 0 Å². The third-order valence-corrected chi connectivity index (χ3v) is 4.31. The molecule has 1 amide bonds. The van der Waals surface area contributed by atoms with Crippen molar-refractivity contribution >= 4 is 17.5 Å². The van der Waals surface area contributed by atoms with Gasteiger partial charge in [0.1, 0.15) is 0 Å². The average molecular weight is 280 g/mol. The lowest BCUT2D eigenvalue weighted by Gasteiger charge is -2.18. The van der Waals surface area contributed by atoms with Crippen LogP contribution in [0.25, 0.3) is 0 Å². The molecule has 1 aliphatic heterocycles. The second kappa shape index (κ2) is 5.14. The van der Waals surface area contributed by atoms with Crippen LogP contribution in [-0.4, -0.2) is 25.2 Å². The molecule has 0 radical (unpaired) electrons. The topological polar surface area (TPSA) is 38.3 Å². The molecule has 1 aromatic rings. The van der Waals surface area contributed by atoms with Gasteiger partial charge in [-0.1, -0.05) is 23.7 Å². The van der Waals surface area contributed by atoms with Gasteiger partial charge in [-0.25, -0.2) is 0 Å². The number of hydrogen-bond acceptors (Lipinski definition) is 2. The van der Waals surface area contributed by atoms with E-state index < -0.39 is 0 Å². The van der Waals surface area contributed by atoms with E-state index in [9.17, 15) is 4.79 Å². The van der Waals surface area contributed by atoms with Crippen LogP contribution in [0.1, 0.15) is 31.2 Å². The van der Waals surface area contributed by atoms with Gasteiger partial charge in [-0.2, -0.15) is 0 Å². The van der Waals surface area contributed by atoms with Gasteiger partial charge >= 0.3 is 0 Å². The van der Waals surface area contributed by atoms with E-state index in [1.54, 1.807) is 0 Å². The largest absolute Gasteiger partial charge is 0.376 e. The predicted molar refractivity (Wildman–Crippen MR) is 74.3 cm³/mol. The fourth-order valence-corrected chi connectivity index (χ4v) is 2.93. The van der Waals surface area contributed by atoms with Gasteiger partial charge in [0, 0.05) is 18.2 Å². The number of nitrogens with one attached hydrogen (secondary N) is 1. The van der Waals surface area contributed by atoms with E-state index in [-0.39, 0.29) is 17.4 Å². The lowest BCUT2D eigenvalue weighted by atomic mass is 9.95. The third kappa shape index (κ3) is 2.63. The van der Waals surface area contributed by atoms with Crippen LogP contribution in [0.5, 0.6) is 0 Å². The van der Waals surface area contributed by atoms with Crippen molar-refractivity contribution < 1.29 is 9.53 Å². The number of amides is 1. The first-order valence-electron chi connectivity index (χ1n) is 6.87. The monoisotopic (exact) mass is 279 g/mol. The van der Waals surface area contributed by atoms with Gasteiger partial charge in [-0.15, -0.1) is 0 Å². The minimum atomic E-state index is -0.344. The molecule has 1 heterocycles. The molecule has 3 nitrogen and oxygen atoms in total. The SMILES string of the molecule is O=C(NCC1CCCO1)C1(c2cccc(Cl)c2)CC1. The number of rotatable bonds is 4. The maximum Gasteiger partial charge on any atom is 0.230 e. The van der Waals surface area contributed by atoms with Crippen LogP contribution in [0.4, 0.5) is 0 Å². The summed E-state index contributed by atoms with van der Waals surface area (Å²) in [5.41, 5.74) is 0.689. The fourth-order valence-electron chi connectivity index (χ4n) is 2.74. The molecule has 0 bridgehead atoms. The van der Waals surface area contributed by atoms with Crippen molar-refractivity contribution in [2.45, 2.75) is 37.2 Å². The van der Waals surface area contributed by atoms with Crippen molar-refractivity contribution in [1.82, 2.24) is 5.32 Å². The van der Waals surface area contributed by atoms with E-state index in [4.69, 9.17) is 16.3 Å². The van der Waals surface area contributed by atoms with E-state index in [0.29, 0.717) is 11.6 Å². The van der Waals surface area contributed by atoms with Crippen molar-refractivity contribution in [2.75, 3.05) is 13.2 Å². The molecule has 2 aliphatic rings. The Morgan fingerprint density at radius 2 is 2.32 bits per heavy atom. The number of halogens is 1. The summed E-state index contributed by atoms with van der Waals surface area (Å²) in [6.07, 6.45) is 4.15. The second-order valence-corrected chi connectivity index (χ2v) is 5.87. The Bertz CT molecular complexity index is 479. The Labute approximate surface area is 118 Å². The molecular weight excluding hydrogens is 262 g/mol. The average Bonchev–Trinajstić information content (AvgIpc) is 3.06. The van der Waals surface area contributed by atoms with Gasteiger partial charge in [-0.05, 0) is 43.4 Å². The summed E-state index contributed by atoms with van der Waals surface area (Å²) >= 11 is 6.01. The molecule has 1 atom stereocenters. The highest BCUT2D eigenvalue weighted by Crippen LogP contribution is 2.48. The Morgan fingerprint density at radius 1 is 1.47 bits per heavy atom. The molecular formula is C15H18ClNO2. The first-order valence-corrected chi connectivity index (χ1v) is 7.24. The van der Waals surface area contributed by atoms with Crippen LogP contribution >= 0.6 is 11.6 Å². The summed E-state index contributed by atoms with van der Waals surface area (Å²) in [6.45, 7) is 1.45. The minimum absolute atomic E-state index is 0.116. The van der Waals surface area contributed by atoms with Crippen molar-refractivity contribution in [2.24, 2.45) is 0 Å². The first kappa shape index (κ1) is 12.9. The molecule has 1 aliphatic carbocycles. The van der Waals surface area contributed by atoms with Gasteiger partial charge in [0.05, 0.1) is 11.5 Å². The Kier molecular flexibility index (Phi) is 3.50. The molecule has 1 unspecified atom stereocenters. The Morgan fingerprint density at radius 3 is 2.95 bits per heavy atom. The molecule has 19 heavy (non-hydrogen) atoms. The molecule has 1 saturated heterocycles. The standard InChI is InChI=1S/C15H18ClNO2/c16-12-4-1-3-11(9-12)15(6-7-15)14(18)17-10-13-5-2-8-19-13/h1,3-4,9,13H,2,5-8,10H2,(H,17,18). The number of benzene rings is 1. The fraction of sp³-hybridized carbons (Fsp3) is 0.533. The highest BCUT2D eigenvalue weighted by atomic mass is 35.5. The van der Waals surface area contributed by atoms with E-state index in [0.717, 1.165) is 37.9 Å². The molecule has 1 saturated carbocycles. The zero-order valence-electron chi connectivity index (χ0n) is 10.8. The van der Waals surface area contributed by atoms with Crippen LogP contribution in [0.2, 0.25) is 5.02 Å². The van der Waals surface area contributed by atoms with Gasteiger partial charge in [0.2, 0.25) is 5.91 Å². The predicted octanol–water partition coefficient (Wildman–Crippen LogP) is 2.67. The molecule has 1 N–H and O–H groups in total. The van der Waals surface area contributed by atoms with Gasteiger partial charge in [0.25, 0.3) is 0 Å². The second-order valence-electron chi connectivity index (χ2n) is 5.44. The molecule has 102 valence electrons. The van der Waals surface area contributed by atoms with Crippen molar-refractivity contribution in [3.63, 3.8) is 0 Å². The zero-order valence-corrected chi connectivity index (χ0v) is 11.6. The van der Waals surface area contributed by atoms with Gasteiger partial charge in [-0.3, -0.25) is 4.79 Å². The summed E-state index contributed by atoms with van der Waals surface area (Å²) in [6, 6.07) is 7.64. The van der Waals surface area contributed by atoms with Crippen LogP contribution in [-0.2, 0) is 14.9 Å². The molecule has 3 rings (SSSR count). The summed E-state index contributed by atoms with van der Waals surface area (Å²) < 4.78 is 5.53. The molecule has 2 fully saturated rings. The van der Waals surface area contributed by atoms with Crippen LogP contribution in [0.3, 0.4) is 0 Å². The van der Waals surface area contributed by atoms with E-state index in [2.05, 4.69) is 5.32 Å². The lowest BCUT2D eigenvalue weighted by Crippen LogP contribution is -2.39. The van der Waals surface area contributed by atoms with E-state index in [1.807, 2.05) is 24.3 Å². The number of carbonyl (C=O) groups is 1. The molecule has 0 aromatic heterocycles. The van der Waals surface area contributed by atoms with Gasteiger partial charge in [0.15, 0.2) is 0 Å². The van der Waals surface area contributed by atoms with Gasteiger partial charge < -0.3 is 10.1 Å². The van der Waals surface area contributed by atoms with Crippen LogP contribution < -0.4 is 5.32 Å². The minimum Gasteiger partial charge on any atom is -0.376 e. The third-order valence-electron chi connectivity index (χ3n) is 4.08. The zero-order chi connectivity index (χ0) is 13.3. The summed E-state index contributed by atoms with van der Waals surface area (Å²) in [7, 11) is 0. The highest BCUT2D eigenvalue weighted by molar-refractivity contribution is 6.30. The normalized spacial score (nSPS) is 24.2. The molecule has 1 aromatic carbocycles. The highest BCUT2D eigenvalue weighted by Gasteiger charge is 2.51. The Balaban J connectivity index is 1.65. The first-order chi connectivity index (χ1) is 9.21. The maximum atomic E-state index is 12.4. The lowest BCUT2D eigenvalue weighted by molar-refractivity contribution is -0.124. The van der Waals surface area contributed by atoms with E-state index >= 15 is 0 Å². The summed E-state index contributed by atoms with van der Waals surface area (Å²) in [4.78, 5) is 12.4.